The molecule has 4 N–H and O–H groups in total. The molecule has 0 saturated heterocycles. The second-order valence-corrected chi connectivity index (χ2v) is 8.80. The number of carboxylic acids is 1. The number of hydrogen-bond acceptors (Lipinski definition) is 3. The summed E-state index contributed by atoms with van der Waals surface area (Å²) in [7, 11) is 0. The number of carbonyl (C=O) groups excluding carboxylic acids is 2. The van der Waals surface area contributed by atoms with Crippen LogP contribution >= 0.6 is 0 Å². The number of benzene rings is 2. The molecular formula is C26H25F2N3O4. The number of amides is 2. The molecule has 1 unspecified atom stereocenters. The minimum Gasteiger partial charge on any atom is -0.478 e. The van der Waals surface area contributed by atoms with Crippen molar-refractivity contribution < 1.29 is 28.3 Å². The first kappa shape index (κ1) is 24.1. The monoisotopic (exact) mass is 481 g/mol. The van der Waals surface area contributed by atoms with E-state index in [-0.39, 0.29) is 23.0 Å². The Morgan fingerprint density at radius 1 is 1.09 bits per heavy atom. The minimum atomic E-state index is -1.19. The molecule has 9 heteroatoms. The van der Waals surface area contributed by atoms with E-state index in [0.717, 1.165) is 41.4 Å². The Morgan fingerprint density at radius 3 is 2.37 bits per heavy atom. The molecule has 7 nitrogen and oxygen atoms in total. The summed E-state index contributed by atoms with van der Waals surface area (Å²) in [4.78, 5) is 39.4. The van der Waals surface area contributed by atoms with E-state index in [2.05, 4.69) is 4.98 Å². The normalized spacial score (nSPS) is 17.4. The van der Waals surface area contributed by atoms with Gasteiger partial charge in [-0.1, -0.05) is 24.6 Å². The van der Waals surface area contributed by atoms with Crippen LogP contribution in [0, 0.1) is 17.6 Å². The molecule has 2 amide bonds. The van der Waals surface area contributed by atoms with E-state index in [9.17, 15) is 28.3 Å². The average molecular weight is 481 g/mol. The van der Waals surface area contributed by atoms with E-state index >= 15 is 0 Å². The van der Waals surface area contributed by atoms with Crippen molar-refractivity contribution in [2.75, 3.05) is 0 Å². The second kappa shape index (κ2) is 9.69. The number of fused-ring (bicyclic) bond motifs is 3. The predicted octanol–water partition coefficient (Wildman–Crippen LogP) is 4.23. The Bertz CT molecular complexity index is 1340. The maximum absolute atomic E-state index is 13.6. The number of nitrogens with one attached hydrogen (secondary N) is 1. The van der Waals surface area contributed by atoms with Gasteiger partial charge in [-0.15, -0.1) is 0 Å². The number of nitrogens with two attached hydrogens (primary N) is 1. The van der Waals surface area contributed by atoms with Gasteiger partial charge in [0, 0.05) is 34.6 Å². The highest BCUT2D eigenvalue weighted by molar-refractivity contribution is 6.17. The summed E-state index contributed by atoms with van der Waals surface area (Å²) < 4.78 is 26.8. The average Bonchev–Trinajstić information content (AvgIpc) is 3.05. The van der Waals surface area contributed by atoms with Gasteiger partial charge in [-0.3, -0.25) is 9.59 Å². The summed E-state index contributed by atoms with van der Waals surface area (Å²) in [6, 6.07) is 9.95. The van der Waals surface area contributed by atoms with Crippen LogP contribution in [0.15, 0.2) is 48.7 Å². The number of carboxylic acid groups (broad SMARTS) is 1. The summed E-state index contributed by atoms with van der Waals surface area (Å²) in [5, 5.41) is 10.6. The fraction of sp³-hybridized carbons (Fsp3) is 0.269. The van der Waals surface area contributed by atoms with Gasteiger partial charge in [0.05, 0.1) is 11.3 Å². The van der Waals surface area contributed by atoms with Crippen LogP contribution in [0.25, 0.3) is 16.5 Å². The van der Waals surface area contributed by atoms with E-state index in [1.807, 2.05) is 24.3 Å². The number of aromatic nitrogens is 1. The van der Waals surface area contributed by atoms with Crippen LogP contribution in [0.3, 0.4) is 0 Å². The molecule has 182 valence electrons. The number of hydrogen-bond donors (Lipinski definition) is 3. The van der Waals surface area contributed by atoms with Crippen molar-refractivity contribution in [2.24, 2.45) is 11.7 Å². The minimum absolute atomic E-state index is 0.0536. The van der Waals surface area contributed by atoms with E-state index in [4.69, 9.17) is 5.73 Å². The number of rotatable bonds is 3. The molecule has 3 aromatic rings. The molecule has 1 aliphatic heterocycles. The lowest BCUT2D eigenvalue weighted by molar-refractivity contribution is -0.130. The smallest absolute Gasteiger partial charge is 0.339 e. The van der Waals surface area contributed by atoms with Crippen LogP contribution in [0.5, 0.6) is 0 Å². The maximum Gasteiger partial charge on any atom is 0.339 e. The Balaban J connectivity index is 0.000000356. The van der Waals surface area contributed by atoms with Gasteiger partial charge in [0.2, 0.25) is 5.91 Å². The first-order chi connectivity index (χ1) is 16.7. The second-order valence-electron chi connectivity index (χ2n) is 8.80. The number of para-hydroxylation sites is 1. The number of nitrogens with zero attached hydrogens (tertiary/aromatic N) is 1. The first-order valence-electron chi connectivity index (χ1n) is 11.3. The van der Waals surface area contributed by atoms with E-state index < -0.39 is 29.6 Å². The molecular weight excluding hydrogens is 456 g/mol. The largest absolute Gasteiger partial charge is 0.478 e. The van der Waals surface area contributed by atoms with Crippen LogP contribution in [-0.2, 0) is 16.0 Å². The van der Waals surface area contributed by atoms with Crippen molar-refractivity contribution in [2.45, 2.75) is 38.6 Å². The van der Waals surface area contributed by atoms with Crippen LogP contribution in [-0.4, -0.2) is 38.8 Å². The number of halogens is 2. The van der Waals surface area contributed by atoms with Gasteiger partial charge >= 0.3 is 5.97 Å². The lowest BCUT2D eigenvalue weighted by atomic mass is 9.85. The Labute approximate surface area is 200 Å². The van der Waals surface area contributed by atoms with E-state index in [0.29, 0.717) is 12.1 Å². The predicted molar refractivity (Wildman–Crippen MR) is 126 cm³/mol. The fourth-order valence-electron chi connectivity index (χ4n) is 4.26. The Morgan fingerprint density at radius 2 is 1.80 bits per heavy atom. The SMILES string of the molecule is CC1Cc2c([nH]c3ccccc23)C(C(=O)O)=CN1C(=O)c1ccc(F)c(F)c1.NC(=O)C1CCC1. The van der Waals surface area contributed by atoms with Gasteiger partial charge in [-0.2, -0.15) is 0 Å². The van der Waals surface area contributed by atoms with Gasteiger partial charge < -0.3 is 20.7 Å². The van der Waals surface area contributed by atoms with E-state index in [1.54, 1.807) is 6.92 Å². The highest BCUT2D eigenvalue weighted by atomic mass is 19.2. The fourth-order valence-corrected chi connectivity index (χ4v) is 4.26. The molecule has 1 saturated carbocycles. The van der Waals surface area contributed by atoms with Crippen molar-refractivity contribution in [3.63, 3.8) is 0 Å². The van der Waals surface area contributed by atoms with Crippen LogP contribution in [0.1, 0.15) is 47.8 Å². The molecule has 0 spiro atoms. The molecule has 0 bridgehead atoms. The number of aromatic amines is 1. The molecule has 0 radical (unpaired) electrons. The lowest BCUT2D eigenvalue weighted by Gasteiger charge is -2.25. The molecule has 2 aromatic carbocycles. The molecule has 1 atom stereocenters. The molecule has 35 heavy (non-hydrogen) atoms. The van der Waals surface area contributed by atoms with E-state index in [1.165, 1.54) is 23.6 Å². The number of carbonyl (C=O) groups is 3. The van der Waals surface area contributed by atoms with Crippen molar-refractivity contribution in [1.82, 2.24) is 9.88 Å². The van der Waals surface area contributed by atoms with Gasteiger partial charge in [-0.25, -0.2) is 13.6 Å². The van der Waals surface area contributed by atoms with Crippen molar-refractivity contribution >= 4 is 34.3 Å². The summed E-state index contributed by atoms with van der Waals surface area (Å²) in [5.74, 6) is -3.87. The third-order valence-corrected chi connectivity index (χ3v) is 6.46. The summed E-state index contributed by atoms with van der Waals surface area (Å²) in [5.41, 5.74) is 6.90. The summed E-state index contributed by atoms with van der Waals surface area (Å²) in [6.45, 7) is 1.78. The maximum atomic E-state index is 13.6. The molecule has 2 aliphatic rings. The van der Waals surface area contributed by atoms with Crippen LogP contribution in [0.2, 0.25) is 0 Å². The van der Waals surface area contributed by atoms with Gasteiger partial charge in [0.1, 0.15) is 0 Å². The van der Waals surface area contributed by atoms with Crippen molar-refractivity contribution in [3.8, 4) is 0 Å². The molecule has 1 fully saturated rings. The summed E-state index contributed by atoms with van der Waals surface area (Å²) >= 11 is 0. The highest BCUT2D eigenvalue weighted by Gasteiger charge is 2.30. The van der Waals surface area contributed by atoms with Gasteiger partial charge in [-0.05, 0) is 56.0 Å². The highest BCUT2D eigenvalue weighted by Crippen LogP contribution is 2.33. The van der Waals surface area contributed by atoms with Crippen molar-refractivity contribution in [1.29, 1.82) is 0 Å². The van der Waals surface area contributed by atoms with Gasteiger partial charge in [0.25, 0.3) is 5.91 Å². The van der Waals surface area contributed by atoms with Crippen molar-refractivity contribution in [3.05, 3.63) is 77.1 Å². The zero-order valence-electron chi connectivity index (χ0n) is 19.1. The lowest BCUT2D eigenvalue weighted by Crippen LogP contribution is -2.35. The van der Waals surface area contributed by atoms with Crippen LogP contribution < -0.4 is 5.73 Å². The summed E-state index contributed by atoms with van der Waals surface area (Å²) in [6.07, 6.45) is 4.90. The number of H-pyrrole nitrogens is 1. The Kier molecular flexibility index (Phi) is 6.68. The zero-order valence-corrected chi connectivity index (χ0v) is 19.1. The first-order valence-corrected chi connectivity index (χ1v) is 11.3. The molecule has 5 rings (SSSR count). The number of aliphatic carboxylic acids is 1. The number of primary amides is 1. The quantitative estimate of drug-likeness (QED) is 0.519. The standard InChI is InChI=1S/C21H16F2N2O3.C5H9NO/c1-11-8-14-13-4-2-3-5-18(13)24-19(14)15(21(27)28)10-25(11)20(26)12-6-7-16(22)17(23)9-12;6-5(7)4-2-1-3-4/h2-7,9-11,24H,8H2,1H3,(H,27,28);4H,1-3H2,(H2,6,7). The third kappa shape index (κ3) is 4.80. The molecule has 1 aromatic heterocycles. The Hall–Kier alpha value is -4.01. The third-order valence-electron chi connectivity index (χ3n) is 6.46. The van der Waals surface area contributed by atoms with Gasteiger partial charge in [0.15, 0.2) is 11.6 Å². The topological polar surface area (TPSA) is 116 Å². The molecule has 1 aliphatic carbocycles. The zero-order chi connectivity index (χ0) is 25.3. The molecule has 2 heterocycles. The van der Waals surface area contributed by atoms with Crippen LogP contribution in [0.4, 0.5) is 8.78 Å².